The van der Waals surface area contributed by atoms with Crippen molar-refractivity contribution in [2.24, 2.45) is 4.99 Å². The molecule has 0 aromatic rings. The van der Waals surface area contributed by atoms with Gasteiger partial charge in [-0.15, -0.1) is 0 Å². The molecule has 2 atom stereocenters. The highest BCUT2D eigenvalue weighted by molar-refractivity contribution is 6.65. The molecule has 1 unspecified atom stereocenters. The van der Waals surface area contributed by atoms with Gasteiger partial charge in [-0.2, -0.15) is 0 Å². The third-order valence-corrected chi connectivity index (χ3v) is 1.88. The Balaban J connectivity index is 2.39. The predicted octanol–water partition coefficient (Wildman–Crippen LogP) is 1.82. The van der Waals surface area contributed by atoms with Crippen LogP contribution < -0.4 is 0 Å². The van der Waals surface area contributed by atoms with E-state index in [9.17, 15) is 0 Å². The van der Waals surface area contributed by atoms with Crippen LogP contribution in [0.1, 0.15) is 20.3 Å². The fraction of sp³-hybridized carbons (Fsp3) is 0.857. The summed E-state index contributed by atoms with van der Waals surface area (Å²) in [6, 6.07) is 0.243. The normalized spacial score (nSPS) is 32.5. The third kappa shape index (κ3) is 1.70. The van der Waals surface area contributed by atoms with Gasteiger partial charge in [-0.25, -0.2) is 0 Å². The summed E-state index contributed by atoms with van der Waals surface area (Å²) in [7, 11) is 0. The second-order valence-electron chi connectivity index (χ2n) is 2.44. The minimum absolute atomic E-state index is 0.220. The number of hydrogen-bond acceptors (Lipinski definition) is 2. The molecule has 1 rings (SSSR count). The van der Waals surface area contributed by atoms with E-state index in [4.69, 9.17) is 16.3 Å². The zero-order valence-corrected chi connectivity index (χ0v) is 7.06. The molecule has 0 aliphatic carbocycles. The van der Waals surface area contributed by atoms with Gasteiger partial charge in [0.05, 0.1) is 12.1 Å². The maximum atomic E-state index is 5.71. The summed E-state index contributed by atoms with van der Waals surface area (Å²) < 4.78 is 5.39. The van der Waals surface area contributed by atoms with Gasteiger partial charge in [-0.3, -0.25) is 4.99 Å². The summed E-state index contributed by atoms with van der Waals surface area (Å²) in [5, 5.41) is 0.700. The quantitative estimate of drug-likeness (QED) is 0.606. The number of rotatable bonds is 2. The average Bonchev–Trinajstić information content (AvgIpc) is 2.13. The Kier molecular flexibility index (Phi) is 2.69. The van der Waals surface area contributed by atoms with E-state index in [2.05, 4.69) is 4.99 Å². The van der Waals surface area contributed by atoms with Crippen molar-refractivity contribution < 1.29 is 4.74 Å². The van der Waals surface area contributed by atoms with Gasteiger partial charge in [0.2, 0.25) is 0 Å². The first-order valence-electron chi connectivity index (χ1n) is 3.57. The van der Waals surface area contributed by atoms with Crippen molar-refractivity contribution in [2.45, 2.75) is 32.4 Å². The Labute approximate surface area is 66.2 Å². The lowest BCUT2D eigenvalue weighted by atomic mass is 10.2. The van der Waals surface area contributed by atoms with Crippen molar-refractivity contribution in [1.82, 2.24) is 0 Å². The minimum Gasteiger partial charge on any atom is -0.376 e. The maximum absolute atomic E-state index is 5.71. The van der Waals surface area contributed by atoms with Crippen LogP contribution in [0.4, 0.5) is 0 Å². The average molecular weight is 162 g/mol. The van der Waals surface area contributed by atoms with Gasteiger partial charge >= 0.3 is 0 Å². The van der Waals surface area contributed by atoms with Gasteiger partial charge in [0, 0.05) is 13.0 Å². The predicted molar refractivity (Wildman–Crippen MR) is 42.8 cm³/mol. The molecule has 0 bridgehead atoms. The van der Waals surface area contributed by atoms with E-state index in [1.807, 2.05) is 13.8 Å². The highest BCUT2D eigenvalue weighted by Gasteiger charge is 2.24. The molecular weight excluding hydrogens is 150 g/mol. The lowest BCUT2D eigenvalue weighted by Gasteiger charge is -2.12. The molecule has 1 aliphatic heterocycles. The van der Waals surface area contributed by atoms with Crippen molar-refractivity contribution in [3.8, 4) is 0 Å². The van der Waals surface area contributed by atoms with Crippen LogP contribution >= 0.6 is 11.6 Å². The number of ether oxygens (including phenoxy) is 1. The monoisotopic (exact) mass is 161 g/mol. The van der Waals surface area contributed by atoms with Gasteiger partial charge < -0.3 is 4.74 Å². The van der Waals surface area contributed by atoms with Crippen LogP contribution in [0.5, 0.6) is 0 Å². The molecule has 10 heavy (non-hydrogen) atoms. The van der Waals surface area contributed by atoms with Crippen LogP contribution in [0, 0.1) is 0 Å². The van der Waals surface area contributed by atoms with E-state index in [0.717, 1.165) is 13.0 Å². The molecule has 58 valence electrons. The molecule has 0 fully saturated rings. The summed E-state index contributed by atoms with van der Waals surface area (Å²) in [4.78, 5) is 4.15. The molecule has 2 nitrogen and oxygen atoms in total. The highest BCUT2D eigenvalue weighted by atomic mass is 35.5. The van der Waals surface area contributed by atoms with Crippen LogP contribution in [0.3, 0.4) is 0 Å². The van der Waals surface area contributed by atoms with E-state index in [1.165, 1.54) is 0 Å². The lowest BCUT2D eigenvalue weighted by Crippen LogP contribution is -2.20. The first-order valence-corrected chi connectivity index (χ1v) is 3.95. The zero-order chi connectivity index (χ0) is 7.56. The number of nitrogens with zero attached hydrogens (tertiary/aromatic N) is 1. The number of halogens is 1. The Morgan fingerprint density at radius 3 is 2.90 bits per heavy atom. The maximum Gasteiger partial charge on any atom is 0.103 e. The standard InChI is InChI=1S/C7H12ClNO/c1-3-10-6-4-7(8)9-5(6)2/h5-6H,3-4H2,1-2H3/t5?,6-/m1/s1. The van der Waals surface area contributed by atoms with Crippen LogP contribution in [0.2, 0.25) is 0 Å². The number of aliphatic imine (C=N–C) groups is 1. The summed E-state index contributed by atoms with van der Waals surface area (Å²) in [6.45, 7) is 4.75. The highest BCUT2D eigenvalue weighted by Crippen LogP contribution is 2.18. The summed E-state index contributed by atoms with van der Waals surface area (Å²) in [5.41, 5.74) is 0. The summed E-state index contributed by atoms with van der Waals surface area (Å²) in [6.07, 6.45) is 1.01. The van der Waals surface area contributed by atoms with Crippen molar-refractivity contribution in [3.05, 3.63) is 0 Å². The molecular formula is C7H12ClNO. The second-order valence-corrected chi connectivity index (χ2v) is 2.88. The Hall–Kier alpha value is -0.0800. The van der Waals surface area contributed by atoms with Crippen molar-refractivity contribution >= 4 is 16.8 Å². The molecule has 0 aromatic heterocycles. The molecule has 0 radical (unpaired) electrons. The SMILES string of the molecule is CCO[C@@H]1CC(Cl)=NC1C. The fourth-order valence-corrected chi connectivity index (χ4v) is 1.41. The Bertz CT molecular complexity index is 147. The van der Waals surface area contributed by atoms with Crippen molar-refractivity contribution in [1.29, 1.82) is 0 Å². The van der Waals surface area contributed by atoms with Gasteiger partial charge in [-0.05, 0) is 13.8 Å². The van der Waals surface area contributed by atoms with Crippen molar-refractivity contribution in [3.63, 3.8) is 0 Å². The largest absolute Gasteiger partial charge is 0.376 e. The van der Waals surface area contributed by atoms with E-state index < -0.39 is 0 Å². The fourth-order valence-electron chi connectivity index (χ4n) is 1.11. The minimum atomic E-state index is 0.220. The van der Waals surface area contributed by atoms with Gasteiger partial charge in [-0.1, -0.05) is 11.6 Å². The van der Waals surface area contributed by atoms with Crippen LogP contribution in [0.15, 0.2) is 4.99 Å². The lowest BCUT2D eigenvalue weighted by molar-refractivity contribution is 0.0608. The zero-order valence-electron chi connectivity index (χ0n) is 6.30. The topological polar surface area (TPSA) is 21.6 Å². The first-order chi connectivity index (χ1) is 4.74. The molecule has 0 spiro atoms. The van der Waals surface area contributed by atoms with E-state index in [-0.39, 0.29) is 12.1 Å². The molecule has 3 heteroatoms. The van der Waals surface area contributed by atoms with Crippen LogP contribution in [0.25, 0.3) is 0 Å². The Morgan fingerprint density at radius 2 is 2.50 bits per heavy atom. The number of hydrogen-bond donors (Lipinski definition) is 0. The van der Waals surface area contributed by atoms with E-state index in [1.54, 1.807) is 0 Å². The second kappa shape index (κ2) is 3.35. The molecule has 0 saturated carbocycles. The molecule has 0 saturated heterocycles. The third-order valence-electron chi connectivity index (χ3n) is 1.63. The van der Waals surface area contributed by atoms with E-state index in [0.29, 0.717) is 5.17 Å². The molecule has 0 aromatic carbocycles. The van der Waals surface area contributed by atoms with Gasteiger partial charge in [0.25, 0.3) is 0 Å². The summed E-state index contributed by atoms with van der Waals surface area (Å²) in [5.74, 6) is 0. The Morgan fingerprint density at radius 1 is 1.80 bits per heavy atom. The van der Waals surface area contributed by atoms with Crippen LogP contribution in [-0.2, 0) is 4.74 Å². The van der Waals surface area contributed by atoms with Gasteiger partial charge in [0.1, 0.15) is 5.17 Å². The molecule has 0 N–H and O–H groups in total. The van der Waals surface area contributed by atoms with Gasteiger partial charge in [0.15, 0.2) is 0 Å². The van der Waals surface area contributed by atoms with Crippen LogP contribution in [-0.4, -0.2) is 23.9 Å². The first kappa shape index (κ1) is 8.02. The summed E-state index contributed by atoms with van der Waals surface area (Å²) >= 11 is 5.71. The van der Waals surface area contributed by atoms with E-state index >= 15 is 0 Å². The molecule has 1 heterocycles. The molecule has 1 aliphatic rings. The molecule has 0 amide bonds. The van der Waals surface area contributed by atoms with Crippen molar-refractivity contribution in [2.75, 3.05) is 6.61 Å². The smallest absolute Gasteiger partial charge is 0.103 e.